The molecule has 1 fully saturated rings. The average Bonchev–Trinajstić information content (AvgIpc) is 2.66. The van der Waals surface area contributed by atoms with Crippen molar-refractivity contribution in [1.82, 2.24) is 10.6 Å². The predicted octanol–water partition coefficient (Wildman–Crippen LogP) is 3.68. The Hall–Kier alpha value is -2.38. The van der Waals surface area contributed by atoms with Gasteiger partial charge in [-0.2, -0.15) is 13.2 Å². The molecule has 2 atom stereocenters. The van der Waals surface area contributed by atoms with Crippen LogP contribution in [-0.4, -0.2) is 25.1 Å². The summed E-state index contributed by atoms with van der Waals surface area (Å²) in [4.78, 5) is 12.2. The molecule has 2 N–H and O–H groups in total. The van der Waals surface area contributed by atoms with Crippen LogP contribution < -0.4 is 10.6 Å². The first-order valence-electron chi connectivity index (χ1n) is 8.73. The molecule has 0 saturated carbocycles. The quantitative estimate of drug-likeness (QED) is 0.853. The lowest BCUT2D eigenvalue weighted by molar-refractivity contribution is -0.137. The molecular weight excluding hydrogens is 357 g/mol. The number of hydrogen-bond donors (Lipinski definition) is 2. The summed E-state index contributed by atoms with van der Waals surface area (Å²) in [5.41, 5.74) is 1.38. The van der Waals surface area contributed by atoms with Crippen molar-refractivity contribution in [3.8, 4) is 0 Å². The monoisotopic (exact) mass is 378 g/mol. The largest absolute Gasteiger partial charge is 0.416 e. The van der Waals surface area contributed by atoms with Crippen molar-refractivity contribution >= 4 is 5.91 Å². The number of carbonyl (C=O) groups is 1. The first-order chi connectivity index (χ1) is 12.8. The van der Waals surface area contributed by atoms with Gasteiger partial charge in [0.1, 0.15) is 0 Å². The van der Waals surface area contributed by atoms with Gasteiger partial charge in [-0.15, -0.1) is 0 Å². The van der Waals surface area contributed by atoms with Crippen LogP contribution in [0.1, 0.15) is 40.1 Å². The maximum atomic E-state index is 12.6. The Morgan fingerprint density at radius 1 is 1.11 bits per heavy atom. The highest BCUT2D eigenvalue weighted by atomic mass is 19.4. The Balaban J connectivity index is 1.56. The number of alkyl halides is 3. The highest BCUT2D eigenvalue weighted by molar-refractivity contribution is 5.94. The van der Waals surface area contributed by atoms with Crippen molar-refractivity contribution in [3.63, 3.8) is 0 Å². The number of rotatable bonds is 4. The van der Waals surface area contributed by atoms with E-state index >= 15 is 0 Å². The third-order valence-electron chi connectivity index (χ3n) is 4.44. The van der Waals surface area contributed by atoms with Crippen LogP contribution in [0.5, 0.6) is 0 Å². The molecule has 2 aromatic rings. The maximum Gasteiger partial charge on any atom is 0.416 e. The molecule has 144 valence electrons. The fourth-order valence-corrected chi connectivity index (χ4v) is 2.94. The molecule has 1 aliphatic heterocycles. The van der Waals surface area contributed by atoms with E-state index in [9.17, 15) is 18.0 Å². The van der Waals surface area contributed by atoms with E-state index in [1.165, 1.54) is 12.1 Å². The van der Waals surface area contributed by atoms with Crippen LogP contribution in [0.15, 0.2) is 48.5 Å². The van der Waals surface area contributed by atoms with Crippen LogP contribution in [0.25, 0.3) is 0 Å². The lowest BCUT2D eigenvalue weighted by Gasteiger charge is -2.29. The Labute approximate surface area is 155 Å². The number of amides is 1. The van der Waals surface area contributed by atoms with Crippen LogP contribution in [-0.2, 0) is 17.5 Å². The molecule has 7 heteroatoms. The molecule has 2 aromatic carbocycles. The fourth-order valence-electron chi connectivity index (χ4n) is 2.94. The summed E-state index contributed by atoms with van der Waals surface area (Å²) >= 11 is 0. The number of benzene rings is 2. The summed E-state index contributed by atoms with van der Waals surface area (Å²) in [5, 5.41) is 6.01. The second-order valence-corrected chi connectivity index (χ2v) is 6.59. The van der Waals surface area contributed by atoms with Crippen LogP contribution in [0.3, 0.4) is 0 Å². The van der Waals surface area contributed by atoms with Gasteiger partial charge in [-0.25, -0.2) is 0 Å². The van der Waals surface area contributed by atoms with Crippen LogP contribution in [0.2, 0.25) is 0 Å². The first kappa shape index (κ1) is 19.4. The predicted molar refractivity (Wildman–Crippen MR) is 95.2 cm³/mol. The number of ether oxygens (including phenoxy) is 1. The van der Waals surface area contributed by atoms with Crippen molar-refractivity contribution in [2.75, 3.05) is 13.1 Å². The molecule has 27 heavy (non-hydrogen) atoms. The van der Waals surface area contributed by atoms with E-state index in [4.69, 9.17) is 4.74 Å². The lowest BCUT2D eigenvalue weighted by atomic mass is 10.0. The Morgan fingerprint density at radius 2 is 1.78 bits per heavy atom. The number of hydrogen-bond acceptors (Lipinski definition) is 3. The van der Waals surface area contributed by atoms with Gasteiger partial charge in [-0.1, -0.05) is 24.3 Å². The third-order valence-corrected chi connectivity index (χ3v) is 4.44. The van der Waals surface area contributed by atoms with Gasteiger partial charge in [0.05, 0.1) is 17.8 Å². The van der Waals surface area contributed by atoms with E-state index in [-0.39, 0.29) is 24.7 Å². The second-order valence-electron chi connectivity index (χ2n) is 6.59. The molecule has 0 bridgehead atoms. The van der Waals surface area contributed by atoms with Gasteiger partial charge in [0.15, 0.2) is 0 Å². The maximum absolute atomic E-state index is 12.6. The minimum absolute atomic E-state index is 0.0435. The highest BCUT2D eigenvalue weighted by Gasteiger charge is 2.29. The van der Waals surface area contributed by atoms with Crippen molar-refractivity contribution in [2.24, 2.45) is 0 Å². The number of nitrogens with one attached hydrogen (secondary N) is 2. The van der Waals surface area contributed by atoms with Crippen LogP contribution in [0.4, 0.5) is 13.2 Å². The molecule has 1 aliphatic rings. The summed E-state index contributed by atoms with van der Waals surface area (Å²) in [6, 6.07) is 11.9. The van der Waals surface area contributed by atoms with Gasteiger partial charge in [0.2, 0.25) is 0 Å². The smallest absolute Gasteiger partial charge is 0.368 e. The van der Waals surface area contributed by atoms with Gasteiger partial charge < -0.3 is 15.4 Å². The van der Waals surface area contributed by atoms with E-state index in [1.54, 1.807) is 12.1 Å². The zero-order chi connectivity index (χ0) is 19.4. The zero-order valence-corrected chi connectivity index (χ0v) is 14.8. The SMILES string of the molecule is C[C@@H]1CNC[C@H](c2ccc(C(=O)NCc3ccc(C(F)(F)F)cc3)cc2)O1. The van der Waals surface area contributed by atoms with Crippen LogP contribution >= 0.6 is 0 Å². The van der Waals surface area contributed by atoms with Gasteiger partial charge in [-0.3, -0.25) is 4.79 Å². The average molecular weight is 378 g/mol. The van der Waals surface area contributed by atoms with Crippen molar-refractivity contribution in [2.45, 2.75) is 31.9 Å². The molecule has 0 spiro atoms. The fraction of sp³-hybridized carbons (Fsp3) is 0.350. The molecular formula is C20H21F3N2O2. The molecule has 0 unspecified atom stereocenters. The molecule has 1 amide bonds. The van der Waals surface area contributed by atoms with Crippen molar-refractivity contribution in [3.05, 3.63) is 70.8 Å². The number of halogens is 3. The molecule has 1 saturated heterocycles. The zero-order valence-electron chi connectivity index (χ0n) is 14.8. The van der Waals surface area contributed by atoms with E-state index in [2.05, 4.69) is 10.6 Å². The van der Waals surface area contributed by atoms with Gasteiger partial charge >= 0.3 is 6.18 Å². The third kappa shape index (κ3) is 5.08. The lowest BCUT2D eigenvalue weighted by Crippen LogP contribution is -2.38. The molecule has 0 radical (unpaired) electrons. The summed E-state index contributed by atoms with van der Waals surface area (Å²) < 4.78 is 43.6. The molecule has 0 aromatic heterocycles. The summed E-state index contributed by atoms with van der Waals surface area (Å²) in [6.07, 6.45) is -4.27. The molecule has 0 aliphatic carbocycles. The van der Waals surface area contributed by atoms with E-state index < -0.39 is 11.7 Å². The highest BCUT2D eigenvalue weighted by Crippen LogP contribution is 2.29. The van der Waals surface area contributed by atoms with E-state index in [0.29, 0.717) is 11.1 Å². The number of carbonyl (C=O) groups excluding carboxylic acids is 1. The first-order valence-corrected chi connectivity index (χ1v) is 8.73. The van der Waals surface area contributed by atoms with E-state index in [1.807, 2.05) is 19.1 Å². The Morgan fingerprint density at radius 3 is 2.37 bits per heavy atom. The minimum atomic E-state index is -4.36. The minimum Gasteiger partial charge on any atom is -0.368 e. The summed E-state index contributed by atoms with van der Waals surface area (Å²) in [6.45, 7) is 3.71. The number of morpholine rings is 1. The summed E-state index contributed by atoms with van der Waals surface area (Å²) in [5.74, 6) is -0.280. The Bertz CT molecular complexity index is 773. The van der Waals surface area contributed by atoms with Gasteiger partial charge in [-0.05, 0) is 42.3 Å². The van der Waals surface area contributed by atoms with Crippen LogP contribution in [0, 0.1) is 0 Å². The summed E-state index contributed by atoms with van der Waals surface area (Å²) in [7, 11) is 0. The molecule has 4 nitrogen and oxygen atoms in total. The molecule has 3 rings (SSSR count). The Kier molecular flexibility index (Phi) is 5.82. The normalized spacial score (nSPS) is 20.3. The topological polar surface area (TPSA) is 50.4 Å². The second kappa shape index (κ2) is 8.10. The van der Waals surface area contributed by atoms with Gasteiger partial charge in [0.25, 0.3) is 5.91 Å². The van der Waals surface area contributed by atoms with Crippen molar-refractivity contribution < 1.29 is 22.7 Å². The van der Waals surface area contributed by atoms with E-state index in [0.717, 1.165) is 30.8 Å². The van der Waals surface area contributed by atoms with Gasteiger partial charge in [0, 0.05) is 25.2 Å². The van der Waals surface area contributed by atoms with Crippen molar-refractivity contribution in [1.29, 1.82) is 0 Å². The molecule has 1 heterocycles. The standard InChI is InChI=1S/C20H21F3N2O2/c1-13-10-24-12-18(27-13)15-4-6-16(7-5-15)19(26)25-11-14-2-8-17(9-3-14)20(21,22)23/h2-9,13,18,24H,10-12H2,1H3,(H,25,26)/t13-,18-/m1/s1.